The summed E-state index contributed by atoms with van der Waals surface area (Å²) in [6.45, 7) is 0. The molecular weight excluding hydrogens is 237 g/mol. The zero-order valence-electron chi connectivity index (χ0n) is 8.13. The number of carbonyl (C=O) groups excluding carboxylic acids is 2. The summed E-state index contributed by atoms with van der Waals surface area (Å²) in [6, 6.07) is 3.68. The fourth-order valence-electron chi connectivity index (χ4n) is 1.01. The third-order valence-electron chi connectivity index (χ3n) is 1.76. The number of benzene rings is 1. The molecule has 4 nitrogen and oxygen atoms in total. The van der Waals surface area contributed by atoms with E-state index >= 15 is 0 Å². The van der Waals surface area contributed by atoms with Gasteiger partial charge in [0.05, 0.1) is 5.02 Å². The van der Waals surface area contributed by atoms with E-state index in [-0.39, 0.29) is 17.9 Å². The zero-order chi connectivity index (χ0) is 12.1. The lowest BCUT2D eigenvalue weighted by Gasteiger charge is -2.06. The molecular formula is C10H8ClFNO3-. The zero-order valence-corrected chi connectivity index (χ0v) is 8.88. The molecule has 86 valence electrons. The number of hydrogen-bond donors (Lipinski definition) is 1. The number of hydrogen-bond acceptors (Lipinski definition) is 3. The molecule has 0 saturated heterocycles. The molecule has 0 heterocycles. The lowest BCUT2D eigenvalue weighted by Crippen LogP contribution is -2.24. The van der Waals surface area contributed by atoms with Crippen LogP contribution in [0.1, 0.15) is 12.8 Å². The quantitative estimate of drug-likeness (QED) is 0.857. The minimum atomic E-state index is -1.30. The predicted octanol–water partition coefficient (Wildman–Crippen LogP) is 0.948. The minimum absolute atomic E-state index is 0.113. The molecule has 1 rings (SSSR count). The summed E-state index contributed by atoms with van der Waals surface area (Å²) in [7, 11) is 0. The highest BCUT2D eigenvalue weighted by atomic mass is 35.5. The first kappa shape index (κ1) is 12.4. The molecule has 0 spiro atoms. The molecule has 1 aromatic rings. The van der Waals surface area contributed by atoms with Crippen molar-refractivity contribution >= 4 is 29.2 Å². The summed E-state index contributed by atoms with van der Waals surface area (Å²) in [6.07, 6.45) is -0.557. The average molecular weight is 245 g/mol. The standard InChI is InChI=1S/C10H9ClFNO3/c11-7-5-6(1-2-8(7)12)13-9(14)3-4-10(15)16/h1-2,5H,3-4H2,(H,13,14)(H,15,16)/p-1. The van der Waals surface area contributed by atoms with Gasteiger partial charge in [-0.15, -0.1) is 0 Å². The molecule has 0 fully saturated rings. The van der Waals surface area contributed by atoms with Gasteiger partial charge >= 0.3 is 0 Å². The van der Waals surface area contributed by atoms with E-state index in [1.807, 2.05) is 0 Å². The molecule has 16 heavy (non-hydrogen) atoms. The Balaban J connectivity index is 2.56. The van der Waals surface area contributed by atoms with Crippen LogP contribution in [0, 0.1) is 5.82 Å². The SMILES string of the molecule is O=C([O-])CCC(=O)Nc1ccc(F)c(Cl)c1. The van der Waals surface area contributed by atoms with Crippen molar-refractivity contribution in [3.05, 3.63) is 29.0 Å². The fraction of sp³-hybridized carbons (Fsp3) is 0.200. The van der Waals surface area contributed by atoms with Crippen molar-refractivity contribution in [1.29, 1.82) is 0 Å². The van der Waals surface area contributed by atoms with Crippen LogP contribution >= 0.6 is 11.6 Å². The van der Waals surface area contributed by atoms with E-state index < -0.39 is 17.7 Å². The number of amides is 1. The van der Waals surface area contributed by atoms with Gasteiger partial charge in [0.1, 0.15) is 5.82 Å². The van der Waals surface area contributed by atoms with Crippen LogP contribution < -0.4 is 10.4 Å². The fourth-order valence-corrected chi connectivity index (χ4v) is 1.19. The Kier molecular flexibility index (Phi) is 4.25. The third kappa shape index (κ3) is 3.86. The van der Waals surface area contributed by atoms with Gasteiger partial charge < -0.3 is 15.2 Å². The summed E-state index contributed by atoms with van der Waals surface area (Å²) >= 11 is 5.49. The second-order valence-electron chi connectivity index (χ2n) is 3.05. The largest absolute Gasteiger partial charge is 0.550 e. The minimum Gasteiger partial charge on any atom is -0.550 e. The van der Waals surface area contributed by atoms with Crippen molar-refractivity contribution in [1.82, 2.24) is 0 Å². The van der Waals surface area contributed by atoms with E-state index in [9.17, 15) is 19.1 Å². The predicted molar refractivity (Wildman–Crippen MR) is 54.3 cm³/mol. The number of anilines is 1. The van der Waals surface area contributed by atoms with E-state index in [0.29, 0.717) is 5.69 Å². The van der Waals surface area contributed by atoms with Gasteiger partial charge in [0.25, 0.3) is 0 Å². The summed E-state index contributed by atoms with van der Waals surface area (Å²) < 4.78 is 12.8. The summed E-state index contributed by atoms with van der Waals surface area (Å²) in [5.74, 6) is -2.38. The molecule has 0 saturated carbocycles. The van der Waals surface area contributed by atoms with Gasteiger partial charge in [-0.2, -0.15) is 0 Å². The van der Waals surface area contributed by atoms with Crippen molar-refractivity contribution in [2.75, 3.05) is 5.32 Å². The van der Waals surface area contributed by atoms with E-state index in [4.69, 9.17) is 11.6 Å². The molecule has 1 amide bonds. The Bertz CT molecular complexity index is 423. The van der Waals surface area contributed by atoms with Gasteiger partial charge in [-0.25, -0.2) is 4.39 Å². The summed E-state index contributed by atoms with van der Waals surface area (Å²) in [4.78, 5) is 21.3. The van der Waals surface area contributed by atoms with E-state index in [0.717, 1.165) is 6.07 Å². The number of carboxylic acid groups (broad SMARTS) is 1. The molecule has 6 heteroatoms. The van der Waals surface area contributed by atoms with Crippen molar-refractivity contribution in [2.45, 2.75) is 12.8 Å². The maximum Gasteiger partial charge on any atom is 0.224 e. The van der Waals surface area contributed by atoms with Crippen LogP contribution in [0.4, 0.5) is 10.1 Å². The van der Waals surface area contributed by atoms with Crippen LogP contribution in [0.2, 0.25) is 5.02 Å². The van der Waals surface area contributed by atoms with Crippen LogP contribution in [-0.4, -0.2) is 11.9 Å². The highest BCUT2D eigenvalue weighted by molar-refractivity contribution is 6.31. The number of carbonyl (C=O) groups is 2. The molecule has 0 bridgehead atoms. The molecule has 0 atom stereocenters. The van der Waals surface area contributed by atoms with Crippen molar-refractivity contribution in [3.63, 3.8) is 0 Å². The summed E-state index contributed by atoms with van der Waals surface area (Å²) in [5.41, 5.74) is 0.315. The first-order chi connectivity index (χ1) is 7.49. The smallest absolute Gasteiger partial charge is 0.224 e. The second-order valence-corrected chi connectivity index (χ2v) is 3.46. The maximum absolute atomic E-state index is 12.8. The molecule has 0 aliphatic carbocycles. The van der Waals surface area contributed by atoms with Gasteiger partial charge in [0.15, 0.2) is 0 Å². The molecule has 0 aliphatic heterocycles. The molecule has 1 N–H and O–H groups in total. The van der Waals surface area contributed by atoms with Crippen LogP contribution in [0.3, 0.4) is 0 Å². The second kappa shape index (κ2) is 5.46. The van der Waals surface area contributed by atoms with Gasteiger partial charge in [-0.05, 0) is 24.6 Å². The topological polar surface area (TPSA) is 69.2 Å². The van der Waals surface area contributed by atoms with Crippen molar-refractivity contribution < 1.29 is 19.1 Å². The Morgan fingerprint density at radius 2 is 2.06 bits per heavy atom. The highest BCUT2D eigenvalue weighted by Crippen LogP contribution is 2.19. The first-order valence-electron chi connectivity index (χ1n) is 4.44. The lowest BCUT2D eigenvalue weighted by molar-refractivity contribution is -0.305. The van der Waals surface area contributed by atoms with E-state index in [1.54, 1.807) is 0 Å². The van der Waals surface area contributed by atoms with Gasteiger partial charge in [-0.1, -0.05) is 11.6 Å². The average Bonchev–Trinajstić information content (AvgIpc) is 2.21. The lowest BCUT2D eigenvalue weighted by atomic mass is 10.2. The van der Waals surface area contributed by atoms with E-state index in [2.05, 4.69) is 5.32 Å². The maximum atomic E-state index is 12.8. The monoisotopic (exact) mass is 244 g/mol. The van der Waals surface area contributed by atoms with Crippen LogP contribution in [-0.2, 0) is 9.59 Å². The Morgan fingerprint density at radius 3 is 2.62 bits per heavy atom. The Morgan fingerprint density at radius 1 is 1.38 bits per heavy atom. The Labute approximate surface area is 96.0 Å². The van der Waals surface area contributed by atoms with Gasteiger partial charge in [0.2, 0.25) is 5.91 Å². The van der Waals surface area contributed by atoms with E-state index in [1.165, 1.54) is 12.1 Å². The van der Waals surface area contributed by atoms with Crippen LogP contribution in [0.15, 0.2) is 18.2 Å². The molecule has 0 aromatic heterocycles. The molecule has 0 aliphatic rings. The Hall–Kier alpha value is -1.62. The number of nitrogens with one attached hydrogen (secondary N) is 1. The number of aliphatic carboxylic acids is 1. The van der Waals surface area contributed by atoms with Crippen LogP contribution in [0.25, 0.3) is 0 Å². The van der Waals surface area contributed by atoms with Gasteiger partial charge in [-0.3, -0.25) is 4.79 Å². The van der Waals surface area contributed by atoms with Crippen LogP contribution in [0.5, 0.6) is 0 Å². The third-order valence-corrected chi connectivity index (χ3v) is 2.05. The molecule has 1 aromatic carbocycles. The molecule has 0 unspecified atom stereocenters. The number of halogens is 2. The van der Waals surface area contributed by atoms with Crippen molar-refractivity contribution in [3.8, 4) is 0 Å². The number of carboxylic acids is 1. The highest BCUT2D eigenvalue weighted by Gasteiger charge is 2.05. The summed E-state index contributed by atoms with van der Waals surface area (Å²) in [5, 5.41) is 12.4. The van der Waals surface area contributed by atoms with Crippen molar-refractivity contribution in [2.24, 2.45) is 0 Å². The first-order valence-corrected chi connectivity index (χ1v) is 4.81. The number of rotatable bonds is 4. The van der Waals surface area contributed by atoms with Gasteiger partial charge in [0, 0.05) is 18.1 Å². The molecule has 0 radical (unpaired) electrons. The normalized spacial score (nSPS) is 9.88.